The molecule has 0 heterocycles. The van der Waals surface area contributed by atoms with Gasteiger partial charge in [0, 0.05) is 6.04 Å². The average Bonchev–Trinajstić information content (AvgIpc) is 1.81. The lowest BCUT2D eigenvalue weighted by molar-refractivity contribution is 0.139. The van der Waals surface area contributed by atoms with Gasteiger partial charge in [-0.25, -0.2) is 0 Å². The van der Waals surface area contributed by atoms with E-state index in [-0.39, 0.29) is 0 Å². The van der Waals surface area contributed by atoms with Gasteiger partial charge >= 0.3 is 0 Å². The minimum Gasteiger partial charge on any atom is -0.271 e. The van der Waals surface area contributed by atoms with E-state index in [1.54, 1.807) is 0 Å². The van der Waals surface area contributed by atoms with E-state index in [0.29, 0.717) is 6.04 Å². The molecule has 0 spiro atoms. The lowest BCUT2D eigenvalue weighted by atomic mass is 9.72. The molecule has 48 valence electrons. The van der Waals surface area contributed by atoms with Crippen molar-refractivity contribution in [2.45, 2.75) is 26.3 Å². The van der Waals surface area contributed by atoms with E-state index in [1.807, 2.05) is 0 Å². The molecule has 2 heteroatoms. The van der Waals surface area contributed by atoms with Crippen molar-refractivity contribution < 1.29 is 0 Å². The number of rotatable bonds is 1. The molecule has 1 fully saturated rings. The summed E-state index contributed by atoms with van der Waals surface area (Å²) in [6, 6.07) is 0.588. The molecule has 0 aliphatic heterocycles. The van der Waals surface area contributed by atoms with E-state index in [2.05, 4.69) is 19.3 Å². The maximum atomic E-state index is 5.24. The molecule has 0 aromatic heterocycles. The monoisotopic (exact) mass is 114 g/mol. The van der Waals surface area contributed by atoms with E-state index in [1.165, 1.54) is 6.42 Å². The summed E-state index contributed by atoms with van der Waals surface area (Å²) in [6.45, 7) is 4.50. The van der Waals surface area contributed by atoms with Crippen LogP contribution in [0.15, 0.2) is 0 Å². The summed E-state index contributed by atoms with van der Waals surface area (Å²) in [6.07, 6.45) is 1.25. The van der Waals surface area contributed by atoms with E-state index in [0.717, 1.165) is 11.8 Å². The fraction of sp³-hybridized carbons (Fsp3) is 1.00. The SMILES string of the molecule is CC1CC(NN)C1C. The molecule has 1 aliphatic rings. The smallest absolute Gasteiger partial charge is 0.0241 e. The molecule has 1 aliphatic carbocycles. The highest BCUT2D eigenvalue weighted by molar-refractivity contribution is 4.87. The van der Waals surface area contributed by atoms with Crippen LogP contribution < -0.4 is 11.3 Å². The highest BCUT2D eigenvalue weighted by Gasteiger charge is 2.32. The van der Waals surface area contributed by atoms with Crippen molar-refractivity contribution in [1.82, 2.24) is 5.43 Å². The summed E-state index contributed by atoms with van der Waals surface area (Å²) in [4.78, 5) is 0. The standard InChI is InChI=1S/C6H14N2/c1-4-3-6(8-7)5(4)2/h4-6,8H,3,7H2,1-2H3. The highest BCUT2D eigenvalue weighted by atomic mass is 15.2. The van der Waals surface area contributed by atoms with Crippen LogP contribution in [-0.4, -0.2) is 6.04 Å². The summed E-state index contributed by atoms with van der Waals surface area (Å²) in [5.74, 6) is 6.89. The Morgan fingerprint density at radius 3 is 2.25 bits per heavy atom. The Balaban J connectivity index is 2.25. The molecule has 2 nitrogen and oxygen atoms in total. The van der Waals surface area contributed by atoms with Gasteiger partial charge in [0.2, 0.25) is 0 Å². The molecule has 0 radical (unpaired) electrons. The molecule has 0 aromatic carbocycles. The van der Waals surface area contributed by atoms with Crippen LogP contribution in [0.2, 0.25) is 0 Å². The third-order valence-corrected chi connectivity index (χ3v) is 2.37. The summed E-state index contributed by atoms with van der Waals surface area (Å²) < 4.78 is 0. The van der Waals surface area contributed by atoms with Crippen LogP contribution >= 0.6 is 0 Å². The average molecular weight is 114 g/mol. The molecule has 0 bridgehead atoms. The first-order chi connectivity index (χ1) is 3.75. The van der Waals surface area contributed by atoms with Crippen LogP contribution in [0.25, 0.3) is 0 Å². The maximum Gasteiger partial charge on any atom is 0.0241 e. The number of hydrogen-bond donors (Lipinski definition) is 2. The number of hydrazine groups is 1. The summed E-state index contributed by atoms with van der Waals surface area (Å²) >= 11 is 0. The van der Waals surface area contributed by atoms with Crippen LogP contribution in [0.5, 0.6) is 0 Å². The minimum absolute atomic E-state index is 0.588. The lowest BCUT2D eigenvalue weighted by Crippen LogP contribution is -2.50. The van der Waals surface area contributed by atoms with Gasteiger partial charge in [-0.1, -0.05) is 13.8 Å². The maximum absolute atomic E-state index is 5.24. The van der Waals surface area contributed by atoms with E-state index in [9.17, 15) is 0 Å². The zero-order chi connectivity index (χ0) is 6.15. The van der Waals surface area contributed by atoms with Crippen molar-refractivity contribution >= 4 is 0 Å². The third-order valence-electron chi connectivity index (χ3n) is 2.37. The second kappa shape index (κ2) is 2.03. The highest BCUT2D eigenvalue weighted by Crippen LogP contribution is 2.32. The molecule has 0 amide bonds. The Labute approximate surface area is 50.4 Å². The van der Waals surface area contributed by atoms with Crippen LogP contribution in [0.4, 0.5) is 0 Å². The molecule has 3 N–H and O–H groups in total. The Morgan fingerprint density at radius 2 is 2.12 bits per heavy atom. The molecule has 3 atom stereocenters. The van der Waals surface area contributed by atoms with Gasteiger partial charge in [-0.3, -0.25) is 11.3 Å². The van der Waals surface area contributed by atoms with Crippen molar-refractivity contribution in [3.8, 4) is 0 Å². The van der Waals surface area contributed by atoms with Gasteiger partial charge in [-0.05, 0) is 18.3 Å². The van der Waals surface area contributed by atoms with Crippen molar-refractivity contribution in [3.05, 3.63) is 0 Å². The van der Waals surface area contributed by atoms with Crippen LogP contribution in [0.1, 0.15) is 20.3 Å². The topological polar surface area (TPSA) is 38.0 Å². The minimum atomic E-state index is 0.588. The van der Waals surface area contributed by atoms with Gasteiger partial charge in [0.05, 0.1) is 0 Å². The first kappa shape index (κ1) is 6.05. The molecule has 0 aromatic rings. The van der Waals surface area contributed by atoms with Crippen molar-refractivity contribution in [1.29, 1.82) is 0 Å². The molecule has 8 heavy (non-hydrogen) atoms. The van der Waals surface area contributed by atoms with E-state index in [4.69, 9.17) is 5.84 Å². The van der Waals surface area contributed by atoms with E-state index < -0.39 is 0 Å². The number of hydrogen-bond acceptors (Lipinski definition) is 2. The third kappa shape index (κ3) is 0.740. The second-order valence-electron chi connectivity index (χ2n) is 2.85. The number of nitrogens with one attached hydrogen (secondary N) is 1. The van der Waals surface area contributed by atoms with Crippen molar-refractivity contribution in [2.75, 3.05) is 0 Å². The molecular weight excluding hydrogens is 100 g/mol. The molecular formula is C6H14N2. The quantitative estimate of drug-likeness (QED) is 0.384. The zero-order valence-electron chi connectivity index (χ0n) is 5.52. The largest absolute Gasteiger partial charge is 0.271 e. The van der Waals surface area contributed by atoms with Crippen molar-refractivity contribution in [2.24, 2.45) is 17.7 Å². The Hall–Kier alpha value is -0.0800. The van der Waals surface area contributed by atoms with Crippen LogP contribution in [0.3, 0.4) is 0 Å². The summed E-state index contributed by atoms with van der Waals surface area (Å²) in [5, 5.41) is 0. The number of nitrogens with two attached hydrogens (primary N) is 1. The zero-order valence-corrected chi connectivity index (χ0v) is 5.52. The van der Waals surface area contributed by atoms with Gasteiger partial charge in [0.1, 0.15) is 0 Å². The molecule has 0 saturated heterocycles. The first-order valence-corrected chi connectivity index (χ1v) is 3.22. The van der Waals surface area contributed by atoms with Crippen LogP contribution in [-0.2, 0) is 0 Å². The molecule has 1 saturated carbocycles. The van der Waals surface area contributed by atoms with E-state index >= 15 is 0 Å². The predicted molar refractivity (Wildman–Crippen MR) is 34.1 cm³/mol. The predicted octanol–water partition coefficient (Wildman–Crippen LogP) is 0.494. The van der Waals surface area contributed by atoms with Gasteiger partial charge < -0.3 is 0 Å². The fourth-order valence-electron chi connectivity index (χ4n) is 1.25. The van der Waals surface area contributed by atoms with Gasteiger partial charge in [-0.2, -0.15) is 0 Å². The first-order valence-electron chi connectivity index (χ1n) is 3.22. The summed E-state index contributed by atoms with van der Waals surface area (Å²) in [5.41, 5.74) is 2.78. The van der Waals surface area contributed by atoms with Gasteiger partial charge in [-0.15, -0.1) is 0 Å². The van der Waals surface area contributed by atoms with Gasteiger partial charge in [0.25, 0.3) is 0 Å². The second-order valence-corrected chi connectivity index (χ2v) is 2.85. The summed E-state index contributed by atoms with van der Waals surface area (Å²) in [7, 11) is 0. The Bertz CT molecular complexity index is 82.6. The Kier molecular flexibility index (Phi) is 1.54. The fourth-order valence-corrected chi connectivity index (χ4v) is 1.25. The molecule has 1 rings (SSSR count). The van der Waals surface area contributed by atoms with Crippen LogP contribution in [0, 0.1) is 11.8 Å². The van der Waals surface area contributed by atoms with Crippen molar-refractivity contribution in [3.63, 3.8) is 0 Å². The Morgan fingerprint density at radius 1 is 1.50 bits per heavy atom. The lowest BCUT2D eigenvalue weighted by Gasteiger charge is -2.40. The van der Waals surface area contributed by atoms with Gasteiger partial charge in [0.15, 0.2) is 0 Å². The molecule has 3 unspecified atom stereocenters. The normalized spacial score (nSPS) is 46.1.